The fraction of sp³-hybridized carbons (Fsp3) is 0.375. The van der Waals surface area contributed by atoms with Crippen molar-refractivity contribution >= 4 is 0 Å². The Hall–Kier alpha value is -3.89. The molecule has 4 heterocycles. The highest BCUT2D eigenvalue weighted by Crippen LogP contribution is 2.33. The van der Waals surface area contributed by atoms with Crippen molar-refractivity contribution in [1.82, 2.24) is 33.9 Å². The van der Waals surface area contributed by atoms with Crippen LogP contribution in [0.1, 0.15) is 42.4 Å². The van der Waals surface area contributed by atoms with Gasteiger partial charge in [-0.05, 0) is 49.8 Å². The van der Waals surface area contributed by atoms with E-state index >= 15 is 0 Å². The van der Waals surface area contributed by atoms with Crippen LogP contribution >= 0.6 is 0 Å². The summed E-state index contributed by atoms with van der Waals surface area (Å²) in [6.45, 7) is 2.39. The SMILES string of the molecule is Cc1cn(-c2cc(OC3CC(Cn4nc5n(c4=O)[C@H](c4cc(F)cc(F)c4)CC5)C3)ncn2)cn1. The Balaban J connectivity index is 1.10. The molecule has 9 nitrogen and oxygen atoms in total. The Morgan fingerprint density at radius 3 is 2.63 bits per heavy atom. The van der Waals surface area contributed by atoms with Crippen LogP contribution in [0.2, 0.25) is 0 Å². The molecule has 4 aromatic rings. The van der Waals surface area contributed by atoms with E-state index in [4.69, 9.17) is 4.74 Å². The second-order valence-electron chi connectivity index (χ2n) is 9.22. The fourth-order valence-electron chi connectivity index (χ4n) is 4.96. The standard InChI is InChI=1S/C24H23F2N7O2/c1-14-10-31(13-29-14)22-9-23(28-12-27-22)35-19-4-15(5-19)11-32-24(34)33-20(2-3-21(33)30-32)16-6-17(25)8-18(26)7-16/h6-10,12-13,15,19-20H,2-5,11H2,1H3/t15?,19?,20-/m0/s1. The number of fused-ring (bicyclic) bond motifs is 1. The highest BCUT2D eigenvalue weighted by Gasteiger charge is 2.34. The maximum atomic E-state index is 13.7. The van der Waals surface area contributed by atoms with Gasteiger partial charge in [-0.15, -0.1) is 0 Å². The zero-order chi connectivity index (χ0) is 24.1. The first-order chi connectivity index (χ1) is 16.9. The minimum atomic E-state index is -0.648. The van der Waals surface area contributed by atoms with Crippen LogP contribution < -0.4 is 10.4 Å². The van der Waals surface area contributed by atoms with Crippen molar-refractivity contribution in [3.63, 3.8) is 0 Å². The second kappa shape index (κ2) is 8.40. The number of imidazole rings is 1. The highest BCUT2D eigenvalue weighted by atomic mass is 19.1. The summed E-state index contributed by atoms with van der Waals surface area (Å²) in [4.78, 5) is 25.7. The summed E-state index contributed by atoms with van der Waals surface area (Å²) < 4.78 is 38.3. The first kappa shape index (κ1) is 21.6. The number of aryl methyl sites for hydroxylation is 2. The van der Waals surface area contributed by atoms with Crippen molar-refractivity contribution in [2.24, 2.45) is 5.92 Å². The first-order valence-electron chi connectivity index (χ1n) is 11.6. The van der Waals surface area contributed by atoms with E-state index in [9.17, 15) is 13.6 Å². The minimum Gasteiger partial charge on any atom is -0.474 e. The van der Waals surface area contributed by atoms with E-state index < -0.39 is 17.7 Å². The van der Waals surface area contributed by atoms with Crippen molar-refractivity contribution in [2.45, 2.75) is 51.3 Å². The summed E-state index contributed by atoms with van der Waals surface area (Å²) in [6.07, 6.45) is 7.77. The van der Waals surface area contributed by atoms with E-state index in [2.05, 4.69) is 20.1 Å². The maximum Gasteiger partial charge on any atom is 0.346 e. The van der Waals surface area contributed by atoms with E-state index in [1.807, 2.05) is 17.7 Å². The van der Waals surface area contributed by atoms with Crippen LogP contribution in [0.5, 0.6) is 5.88 Å². The van der Waals surface area contributed by atoms with Crippen LogP contribution in [0.3, 0.4) is 0 Å². The Labute approximate surface area is 199 Å². The van der Waals surface area contributed by atoms with E-state index in [0.717, 1.165) is 24.6 Å². The molecule has 0 bridgehead atoms. The van der Waals surface area contributed by atoms with Gasteiger partial charge in [0, 0.05) is 31.3 Å². The van der Waals surface area contributed by atoms with E-state index in [1.165, 1.54) is 23.1 Å². The first-order valence-corrected chi connectivity index (χ1v) is 11.6. The fourth-order valence-corrected chi connectivity index (χ4v) is 4.96. The number of benzene rings is 1. The molecule has 1 saturated carbocycles. The molecule has 0 radical (unpaired) electrons. The number of hydrogen-bond acceptors (Lipinski definition) is 6. The van der Waals surface area contributed by atoms with E-state index in [0.29, 0.717) is 42.5 Å². The summed E-state index contributed by atoms with van der Waals surface area (Å²) in [5.74, 6) is 0.776. The zero-order valence-corrected chi connectivity index (χ0v) is 19.0. The third kappa shape index (κ3) is 4.11. The van der Waals surface area contributed by atoms with Gasteiger partial charge in [-0.3, -0.25) is 9.13 Å². The molecule has 1 fully saturated rings. The summed E-state index contributed by atoms with van der Waals surface area (Å²) in [6, 6.07) is 4.77. The topological polar surface area (TPSA) is 92.7 Å². The largest absolute Gasteiger partial charge is 0.474 e. The average molecular weight is 479 g/mol. The molecule has 3 aromatic heterocycles. The molecular weight excluding hydrogens is 456 g/mol. The number of nitrogens with zero attached hydrogens (tertiary/aromatic N) is 7. The molecule has 0 spiro atoms. The van der Waals surface area contributed by atoms with Gasteiger partial charge < -0.3 is 4.74 Å². The van der Waals surface area contributed by atoms with Crippen LogP contribution in [-0.2, 0) is 13.0 Å². The van der Waals surface area contributed by atoms with Crippen molar-refractivity contribution in [2.75, 3.05) is 0 Å². The van der Waals surface area contributed by atoms with Gasteiger partial charge in [0.25, 0.3) is 0 Å². The predicted molar refractivity (Wildman–Crippen MR) is 120 cm³/mol. The monoisotopic (exact) mass is 479 g/mol. The van der Waals surface area contributed by atoms with Gasteiger partial charge in [0.15, 0.2) is 0 Å². The average Bonchev–Trinajstić information content (AvgIpc) is 3.49. The summed E-state index contributed by atoms with van der Waals surface area (Å²) in [5.41, 5.74) is 1.10. The normalized spacial score (nSPS) is 21.1. The van der Waals surface area contributed by atoms with Crippen molar-refractivity contribution in [1.29, 1.82) is 0 Å². The predicted octanol–water partition coefficient (Wildman–Crippen LogP) is 3.00. The second-order valence-corrected chi connectivity index (χ2v) is 9.22. The summed E-state index contributed by atoms with van der Waals surface area (Å²) in [5, 5.41) is 4.50. The Morgan fingerprint density at radius 2 is 1.89 bits per heavy atom. The van der Waals surface area contributed by atoms with Gasteiger partial charge in [-0.1, -0.05) is 0 Å². The van der Waals surface area contributed by atoms with Crippen LogP contribution in [0.25, 0.3) is 5.82 Å². The van der Waals surface area contributed by atoms with Gasteiger partial charge in [0.2, 0.25) is 5.88 Å². The molecule has 11 heteroatoms. The van der Waals surface area contributed by atoms with Gasteiger partial charge in [-0.25, -0.2) is 33.2 Å². The van der Waals surface area contributed by atoms with Crippen LogP contribution in [0.15, 0.2) is 47.9 Å². The number of ether oxygens (including phenoxy) is 1. The van der Waals surface area contributed by atoms with Gasteiger partial charge in [-0.2, -0.15) is 5.10 Å². The molecule has 0 N–H and O–H groups in total. The van der Waals surface area contributed by atoms with Crippen molar-refractivity contribution in [3.8, 4) is 11.7 Å². The molecule has 6 rings (SSSR count). The van der Waals surface area contributed by atoms with Crippen molar-refractivity contribution < 1.29 is 13.5 Å². The van der Waals surface area contributed by atoms with Crippen LogP contribution in [-0.4, -0.2) is 40.0 Å². The lowest BCUT2D eigenvalue weighted by Gasteiger charge is -2.34. The highest BCUT2D eigenvalue weighted by molar-refractivity contribution is 5.28. The maximum absolute atomic E-state index is 13.7. The molecule has 1 aromatic carbocycles. The molecule has 1 aliphatic heterocycles. The molecule has 1 aliphatic carbocycles. The molecule has 2 aliphatic rings. The lowest BCUT2D eigenvalue weighted by atomic mass is 9.82. The molecule has 0 saturated heterocycles. The summed E-state index contributed by atoms with van der Waals surface area (Å²) >= 11 is 0. The molecule has 0 amide bonds. The lowest BCUT2D eigenvalue weighted by molar-refractivity contribution is 0.0498. The van der Waals surface area contributed by atoms with Gasteiger partial charge in [0.05, 0.1) is 11.7 Å². The van der Waals surface area contributed by atoms with Gasteiger partial charge >= 0.3 is 5.69 Å². The molecule has 35 heavy (non-hydrogen) atoms. The number of hydrogen-bond donors (Lipinski definition) is 0. The third-order valence-electron chi connectivity index (χ3n) is 6.68. The Bertz CT molecular complexity index is 1430. The zero-order valence-electron chi connectivity index (χ0n) is 19.0. The molecular formula is C24H23F2N7O2. The van der Waals surface area contributed by atoms with E-state index in [1.54, 1.807) is 17.0 Å². The quantitative estimate of drug-likeness (QED) is 0.422. The Morgan fingerprint density at radius 1 is 1.09 bits per heavy atom. The number of aromatic nitrogens is 7. The smallest absolute Gasteiger partial charge is 0.346 e. The number of rotatable bonds is 6. The minimum absolute atomic E-state index is 0.000421. The number of halogens is 2. The molecule has 1 atom stereocenters. The Kier molecular flexibility index (Phi) is 5.19. The third-order valence-corrected chi connectivity index (χ3v) is 6.68. The van der Waals surface area contributed by atoms with Crippen LogP contribution in [0, 0.1) is 24.5 Å². The lowest BCUT2D eigenvalue weighted by Crippen LogP contribution is -2.39. The van der Waals surface area contributed by atoms with Crippen molar-refractivity contribution in [3.05, 3.63) is 82.3 Å². The molecule has 180 valence electrons. The van der Waals surface area contributed by atoms with E-state index in [-0.39, 0.29) is 17.7 Å². The van der Waals surface area contributed by atoms with Gasteiger partial charge in [0.1, 0.15) is 42.0 Å². The molecule has 0 unspecified atom stereocenters. The summed E-state index contributed by atoms with van der Waals surface area (Å²) in [7, 11) is 0. The van der Waals surface area contributed by atoms with Crippen LogP contribution in [0.4, 0.5) is 8.78 Å².